The van der Waals surface area contributed by atoms with Crippen LogP contribution in [-0.4, -0.2) is 62.7 Å². The Labute approximate surface area is 214 Å². The number of halogens is 3. The molecule has 2 aromatic heterocycles. The van der Waals surface area contributed by atoms with E-state index in [0.717, 1.165) is 36.9 Å². The normalized spacial score (nSPS) is 29.7. The van der Waals surface area contributed by atoms with Crippen molar-refractivity contribution in [3.05, 3.63) is 40.3 Å². The van der Waals surface area contributed by atoms with Crippen LogP contribution < -0.4 is 5.32 Å². The molecule has 0 amide bonds. The van der Waals surface area contributed by atoms with E-state index < -0.39 is 6.17 Å². The third-order valence-corrected chi connectivity index (χ3v) is 8.76. The quantitative estimate of drug-likeness (QED) is 0.462. The predicted octanol–water partition coefficient (Wildman–Crippen LogP) is 5.76. The van der Waals surface area contributed by atoms with Crippen molar-refractivity contribution in [2.24, 2.45) is 5.92 Å². The lowest BCUT2D eigenvalue weighted by molar-refractivity contribution is 0.00986. The molecule has 0 spiro atoms. The molecule has 4 heterocycles. The topological polar surface area (TPSA) is 68.1 Å². The van der Waals surface area contributed by atoms with Gasteiger partial charge in [0.2, 0.25) is 5.95 Å². The average molecular weight is 519 g/mol. The minimum absolute atomic E-state index is 0.120. The van der Waals surface area contributed by atoms with Crippen molar-refractivity contribution in [1.29, 1.82) is 0 Å². The van der Waals surface area contributed by atoms with Gasteiger partial charge in [-0.15, -0.1) is 0 Å². The standard InChI is InChI=1S/C25H29Cl2FN6O/c1-14-12-35-13-25(14,2)33-6-5-17(20(28)11-33)18-8-21-15(7-19(18)26)9-29-24(31-21)32-22-10-30-34(23(22)27)16-3-4-16/h7-10,14,16-17,20H,3-6,11-13H2,1-2H3,(H,29,31,32)/t14-,17+,20-,25+/m1/s1. The Hall–Kier alpha value is -2.00. The lowest BCUT2D eigenvalue weighted by Gasteiger charge is -2.45. The number of nitrogens with one attached hydrogen (secondary N) is 1. The number of nitrogens with zero attached hydrogens (tertiary/aromatic N) is 5. The Morgan fingerprint density at radius 1 is 1.20 bits per heavy atom. The molecule has 6 rings (SSSR count). The van der Waals surface area contributed by atoms with Gasteiger partial charge in [-0.2, -0.15) is 5.10 Å². The number of anilines is 2. The first-order chi connectivity index (χ1) is 16.8. The van der Waals surface area contributed by atoms with E-state index in [0.29, 0.717) is 58.9 Å². The number of piperidine rings is 1. The SMILES string of the molecule is C[C@@H]1COC[C@]1(C)N1CC[C@@H](c2cc3nc(Nc4cnn(C5CC5)c4Cl)ncc3cc2Cl)[C@H](F)C1. The minimum Gasteiger partial charge on any atom is -0.379 e. The van der Waals surface area contributed by atoms with Crippen LogP contribution in [0.2, 0.25) is 10.2 Å². The zero-order valence-corrected chi connectivity index (χ0v) is 21.4. The molecule has 3 fully saturated rings. The summed E-state index contributed by atoms with van der Waals surface area (Å²) in [6, 6.07) is 4.13. The highest BCUT2D eigenvalue weighted by Crippen LogP contribution is 2.41. The van der Waals surface area contributed by atoms with Gasteiger partial charge < -0.3 is 10.1 Å². The molecule has 4 atom stereocenters. The second kappa shape index (κ2) is 8.83. The maximum Gasteiger partial charge on any atom is 0.227 e. The molecule has 10 heteroatoms. The first-order valence-corrected chi connectivity index (χ1v) is 13.0. The van der Waals surface area contributed by atoms with Crippen molar-refractivity contribution >= 4 is 45.7 Å². The molecule has 0 radical (unpaired) electrons. The summed E-state index contributed by atoms with van der Waals surface area (Å²) < 4.78 is 23.1. The Bertz CT molecular complexity index is 1270. The van der Waals surface area contributed by atoms with Crippen LogP contribution in [0.1, 0.15) is 50.6 Å². The van der Waals surface area contributed by atoms with Crippen LogP contribution in [0.15, 0.2) is 24.5 Å². The van der Waals surface area contributed by atoms with Crippen molar-refractivity contribution in [2.45, 2.75) is 56.8 Å². The number of likely N-dealkylation sites (tertiary alicyclic amines) is 1. The fourth-order valence-corrected chi connectivity index (χ4v) is 6.01. The molecule has 1 aromatic carbocycles. The van der Waals surface area contributed by atoms with Gasteiger partial charge in [0.05, 0.1) is 36.7 Å². The van der Waals surface area contributed by atoms with Crippen LogP contribution in [0.3, 0.4) is 0 Å². The summed E-state index contributed by atoms with van der Waals surface area (Å²) in [5, 5.41) is 9.46. The fraction of sp³-hybridized carbons (Fsp3) is 0.560. The highest BCUT2D eigenvalue weighted by atomic mass is 35.5. The maximum absolute atomic E-state index is 15.6. The van der Waals surface area contributed by atoms with Crippen LogP contribution in [-0.2, 0) is 4.74 Å². The first kappa shape index (κ1) is 23.4. The van der Waals surface area contributed by atoms with Gasteiger partial charge in [-0.25, -0.2) is 19.0 Å². The Morgan fingerprint density at radius 3 is 2.74 bits per heavy atom. The molecule has 0 bridgehead atoms. The summed E-state index contributed by atoms with van der Waals surface area (Å²) in [6.45, 7) is 6.94. The molecular weight excluding hydrogens is 490 g/mol. The molecule has 1 saturated carbocycles. The number of alkyl halides is 1. The molecule has 1 aliphatic carbocycles. The van der Waals surface area contributed by atoms with Gasteiger partial charge in [-0.05, 0) is 56.3 Å². The van der Waals surface area contributed by atoms with E-state index in [-0.39, 0.29) is 11.5 Å². The molecule has 1 N–H and O–H groups in total. The molecule has 0 unspecified atom stereocenters. The molecule has 3 aliphatic rings. The Balaban J connectivity index is 1.24. The van der Waals surface area contributed by atoms with Crippen molar-refractivity contribution < 1.29 is 9.13 Å². The van der Waals surface area contributed by atoms with Gasteiger partial charge in [0.15, 0.2) is 5.15 Å². The predicted molar refractivity (Wildman–Crippen MR) is 136 cm³/mol. The summed E-state index contributed by atoms with van der Waals surface area (Å²) in [5.74, 6) is 0.516. The molecule has 2 aliphatic heterocycles. The number of hydrogen-bond donors (Lipinski definition) is 1. The van der Waals surface area contributed by atoms with Gasteiger partial charge >= 0.3 is 0 Å². The third kappa shape index (κ3) is 4.18. The molecule has 2 saturated heterocycles. The number of ether oxygens (including phenoxy) is 1. The number of fused-ring (bicyclic) bond motifs is 1. The third-order valence-electron chi connectivity index (χ3n) is 8.06. The largest absolute Gasteiger partial charge is 0.379 e. The van der Waals surface area contributed by atoms with Gasteiger partial charge in [0.25, 0.3) is 0 Å². The van der Waals surface area contributed by atoms with Crippen LogP contribution in [0.4, 0.5) is 16.0 Å². The maximum atomic E-state index is 15.6. The molecule has 186 valence electrons. The van der Waals surface area contributed by atoms with Crippen molar-refractivity contribution in [2.75, 3.05) is 31.6 Å². The van der Waals surface area contributed by atoms with E-state index in [1.807, 2.05) is 16.8 Å². The highest BCUT2D eigenvalue weighted by Gasteiger charge is 2.45. The zero-order valence-electron chi connectivity index (χ0n) is 19.8. The minimum atomic E-state index is -1.02. The highest BCUT2D eigenvalue weighted by molar-refractivity contribution is 6.32. The fourth-order valence-electron chi connectivity index (χ4n) is 5.42. The molecule has 3 aromatic rings. The van der Waals surface area contributed by atoms with Crippen LogP contribution in [0, 0.1) is 5.92 Å². The van der Waals surface area contributed by atoms with Crippen molar-refractivity contribution in [1.82, 2.24) is 24.6 Å². The molecule has 7 nitrogen and oxygen atoms in total. The monoisotopic (exact) mass is 518 g/mol. The van der Waals surface area contributed by atoms with Gasteiger partial charge in [-0.3, -0.25) is 4.90 Å². The summed E-state index contributed by atoms with van der Waals surface area (Å²) in [6.07, 6.45) is 5.28. The Kier molecular flexibility index (Phi) is 5.91. The Morgan fingerprint density at radius 2 is 2.03 bits per heavy atom. The van der Waals surface area contributed by atoms with Crippen molar-refractivity contribution in [3.8, 4) is 0 Å². The average Bonchev–Trinajstić information content (AvgIpc) is 3.54. The zero-order chi connectivity index (χ0) is 24.3. The van der Waals surface area contributed by atoms with E-state index >= 15 is 4.39 Å². The molecule has 35 heavy (non-hydrogen) atoms. The second-order valence-corrected chi connectivity index (χ2v) is 11.2. The second-order valence-electron chi connectivity index (χ2n) is 10.4. The lowest BCUT2D eigenvalue weighted by Crippen LogP contribution is -2.56. The summed E-state index contributed by atoms with van der Waals surface area (Å²) in [5.41, 5.74) is 2.07. The number of hydrogen-bond acceptors (Lipinski definition) is 6. The van der Waals surface area contributed by atoms with E-state index in [9.17, 15) is 0 Å². The van der Waals surface area contributed by atoms with E-state index in [2.05, 4.69) is 39.1 Å². The smallest absolute Gasteiger partial charge is 0.227 e. The summed E-state index contributed by atoms with van der Waals surface area (Å²) in [4.78, 5) is 11.3. The van der Waals surface area contributed by atoms with E-state index in [1.54, 1.807) is 12.4 Å². The van der Waals surface area contributed by atoms with Gasteiger partial charge in [-0.1, -0.05) is 30.1 Å². The number of rotatable bonds is 5. The van der Waals surface area contributed by atoms with E-state index in [4.69, 9.17) is 27.9 Å². The molecular formula is C25H29Cl2FN6O. The lowest BCUT2D eigenvalue weighted by atomic mass is 9.82. The van der Waals surface area contributed by atoms with Crippen LogP contribution >= 0.6 is 23.2 Å². The number of aromatic nitrogens is 4. The van der Waals surface area contributed by atoms with Gasteiger partial charge in [0, 0.05) is 34.6 Å². The van der Waals surface area contributed by atoms with E-state index in [1.165, 1.54) is 0 Å². The number of benzene rings is 1. The summed E-state index contributed by atoms with van der Waals surface area (Å²) in [7, 11) is 0. The van der Waals surface area contributed by atoms with Crippen LogP contribution in [0.5, 0.6) is 0 Å². The van der Waals surface area contributed by atoms with Crippen LogP contribution in [0.25, 0.3) is 10.9 Å². The summed E-state index contributed by atoms with van der Waals surface area (Å²) >= 11 is 13.1. The first-order valence-electron chi connectivity index (χ1n) is 12.3. The van der Waals surface area contributed by atoms with Crippen molar-refractivity contribution in [3.63, 3.8) is 0 Å². The van der Waals surface area contributed by atoms with Gasteiger partial charge in [0.1, 0.15) is 6.17 Å².